The number of carbonyl (C=O) groups excluding carboxylic acids is 2. The van der Waals surface area contributed by atoms with Crippen LogP contribution in [0.2, 0.25) is 0 Å². The first-order valence-corrected chi connectivity index (χ1v) is 8.79. The van der Waals surface area contributed by atoms with E-state index < -0.39 is 0 Å². The summed E-state index contributed by atoms with van der Waals surface area (Å²) in [5.74, 6) is 0.820. The molecule has 3 rings (SSSR count). The molecule has 1 aromatic carbocycles. The minimum Gasteiger partial charge on any atom is -0.467 e. The molecule has 2 aromatic rings. The van der Waals surface area contributed by atoms with Crippen molar-refractivity contribution in [1.82, 2.24) is 5.32 Å². The van der Waals surface area contributed by atoms with Gasteiger partial charge in [0, 0.05) is 17.5 Å². The van der Waals surface area contributed by atoms with Crippen molar-refractivity contribution in [2.45, 2.75) is 39.2 Å². The maximum atomic E-state index is 12.4. The third-order valence-corrected chi connectivity index (χ3v) is 4.80. The van der Waals surface area contributed by atoms with Crippen molar-refractivity contribution in [3.8, 4) is 0 Å². The Morgan fingerprint density at radius 2 is 1.64 bits per heavy atom. The number of anilines is 1. The molecule has 0 bridgehead atoms. The van der Waals surface area contributed by atoms with E-state index in [9.17, 15) is 9.59 Å². The Labute approximate surface area is 147 Å². The molecule has 1 aliphatic rings. The first kappa shape index (κ1) is 17.3. The Bertz CT molecular complexity index is 699. The number of hydrogen-bond acceptors (Lipinski definition) is 3. The van der Waals surface area contributed by atoms with Crippen LogP contribution in [0.3, 0.4) is 0 Å². The summed E-state index contributed by atoms with van der Waals surface area (Å²) >= 11 is 0. The van der Waals surface area contributed by atoms with E-state index in [1.165, 1.54) is 5.56 Å². The van der Waals surface area contributed by atoms with Crippen LogP contribution in [-0.2, 0) is 16.1 Å². The number of carbonyl (C=O) groups is 2. The zero-order valence-corrected chi connectivity index (χ0v) is 14.5. The summed E-state index contributed by atoms with van der Waals surface area (Å²) in [5.41, 5.74) is 1.99. The van der Waals surface area contributed by atoms with Crippen LogP contribution >= 0.6 is 0 Å². The molecule has 0 spiro atoms. The van der Waals surface area contributed by atoms with E-state index in [1.807, 2.05) is 37.3 Å². The van der Waals surface area contributed by atoms with Gasteiger partial charge < -0.3 is 15.1 Å². The van der Waals surface area contributed by atoms with E-state index in [4.69, 9.17) is 4.42 Å². The van der Waals surface area contributed by atoms with Crippen LogP contribution in [0.4, 0.5) is 5.69 Å². The monoisotopic (exact) mass is 340 g/mol. The second-order valence-electron chi connectivity index (χ2n) is 6.70. The lowest BCUT2D eigenvalue weighted by atomic mass is 9.81. The van der Waals surface area contributed by atoms with E-state index in [1.54, 1.807) is 12.3 Å². The van der Waals surface area contributed by atoms with Gasteiger partial charge in [0.15, 0.2) is 0 Å². The van der Waals surface area contributed by atoms with Gasteiger partial charge in [0.2, 0.25) is 11.8 Å². The molecule has 0 aliphatic heterocycles. The van der Waals surface area contributed by atoms with E-state index in [0.717, 1.165) is 37.1 Å². The maximum Gasteiger partial charge on any atom is 0.227 e. The fourth-order valence-electron chi connectivity index (χ4n) is 3.23. The Morgan fingerprint density at radius 1 is 1.00 bits per heavy atom. The topological polar surface area (TPSA) is 71.3 Å². The predicted octanol–water partition coefficient (Wildman–Crippen LogP) is 3.65. The molecule has 2 amide bonds. The molecule has 1 aliphatic carbocycles. The Morgan fingerprint density at radius 3 is 2.24 bits per heavy atom. The third kappa shape index (κ3) is 4.72. The molecule has 5 heteroatoms. The molecule has 0 unspecified atom stereocenters. The average Bonchev–Trinajstić information content (AvgIpc) is 3.15. The molecule has 5 nitrogen and oxygen atoms in total. The van der Waals surface area contributed by atoms with Gasteiger partial charge in [0.1, 0.15) is 5.76 Å². The molecule has 1 fully saturated rings. The number of aryl methyl sites for hydroxylation is 1. The highest BCUT2D eigenvalue weighted by Crippen LogP contribution is 2.30. The number of hydrogen-bond donors (Lipinski definition) is 2. The first-order chi connectivity index (χ1) is 12.1. The largest absolute Gasteiger partial charge is 0.467 e. The lowest BCUT2D eigenvalue weighted by Crippen LogP contribution is -2.35. The molecule has 1 heterocycles. The fourth-order valence-corrected chi connectivity index (χ4v) is 3.23. The zero-order chi connectivity index (χ0) is 17.6. The van der Waals surface area contributed by atoms with Crippen molar-refractivity contribution in [2.75, 3.05) is 5.32 Å². The summed E-state index contributed by atoms with van der Waals surface area (Å²) in [6.45, 7) is 2.43. The van der Waals surface area contributed by atoms with Gasteiger partial charge in [-0.25, -0.2) is 0 Å². The van der Waals surface area contributed by atoms with E-state index in [-0.39, 0.29) is 23.7 Å². The van der Waals surface area contributed by atoms with Crippen molar-refractivity contribution in [3.05, 3.63) is 54.0 Å². The Kier molecular flexibility index (Phi) is 5.53. The average molecular weight is 340 g/mol. The first-order valence-electron chi connectivity index (χ1n) is 8.79. The summed E-state index contributed by atoms with van der Waals surface area (Å²) in [7, 11) is 0. The van der Waals surface area contributed by atoms with Gasteiger partial charge in [-0.1, -0.05) is 17.7 Å². The van der Waals surface area contributed by atoms with Crippen LogP contribution < -0.4 is 10.6 Å². The van der Waals surface area contributed by atoms with Gasteiger partial charge in [-0.2, -0.15) is 0 Å². The number of rotatable bonds is 5. The van der Waals surface area contributed by atoms with Crippen molar-refractivity contribution >= 4 is 17.5 Å². The second-order valence-corrected chi connectivity index (χ2v) is 6.70. The molecule has 0 saturated heterocycles. The highest BCUT2D eigenvalue weighted by molar-refractivity contribution is 5.92. The number of nitrogens with one attached hydrogen (secondary N) is 2. The Balaban J connectivity index is 1.43. The molecule has 1 saturated carbocycles. The summed E-state index contributed by atoms with van der Waals surface area (Å²) < 4.78 is 5.22. The SMILES string of the molecule is Cc1ccc(NC(=O)C2CCC(C(=O)NCc3ccco3)CC2)cc1. The van der Waals surface area contributed by atoms with E-state index in [0.29, 0.717) is 6.54 Å². The smallest absolute Gasteiger partial charge is 0.227 e. The number of benzene rings is 1. The van der Waals surface area contributed by atoms with Crippen LogP contribution in [0, 0.1) is 18.8 Å². The summed E-state index contributed by atoms with van der Waals surface area (Å²) in [6.07, 6.45) is 4.58. The highest BCUT2D eigenvalue weighted by atomic mass is 16.3. The second kappa shape index (κ2) is 8.01. The molecule has 25 heavy (non-hydrogen) atoms. The third-order valence-electron chi connectivity index (χ3n) is 4.80. The van der Waals surface area contributed by atoms with E-state index in [2.05, 4.69) is 10.6 Å². The quantitative estimate of drug-likeness (QED) is 0.873. The number of amides is 2. The summed E-state index contributed by atoms with van der Waals surface area (Å²) in [6, 6.07) is 11.4. The van der Waals surface area contributed by atoms with E-state index >= 15 is 0 Å². The van der Waals surface area contributed by atoms with Gasteiger partial charge in [-0.15, -0.1) is 0 Å². The fraction of sp³-hybridized carbons (Fsp3) is 0.400. The van der Waals surface area contributed by atoms with Crippen molar-refractivity contribution in [3.63, 3.8) is 0 Å². The van der Waals surface area contributed by atoms with Crippen LogP contribution in [0.1, 0.15) is 37.0 Å². The van der Waals surface area contributed by atoms with Gasteiger partial charge >= 0.3 is 0 Å². The molecular formula is C20H24N2O3. The normalized spacial score (nSPS) is 20.0. The minimum atomic E-state index is -0.0181. The van der Waals surface area contributed by atoms with Crippen LogP contribution in [-0.4, -0.2) is 11.8 Å². The molecule has 132 valence electrons. The van der Waals surface area contributed by atoms with Crippen LogP contribution in [0.15, 0.2) is 47.1 Å². The number of furan rings is 1. The van der Waals surface area contributed by atoms with Crippen LogP contribution in [0.5, 0.6) is 0 Å². The minimum absolute atomic E-state index is 0.0154. The van der Waals surface area contributed by atoms with Gasteiger partial charge in [-0.3, -0.25) is 9.59 Å². The van der Waals surface area contributed by atoms with Gasteiger partial charge in [-0.05, 0) is 56.9 Å². The molecule has 1 aromatic heterocycles. The van der Waals surface area contributed by atoms with Crippen molar-refractivity contribution in [1.29, 1.82) is 0 Å². The van der Waals surface area contributed by atoms with Crippen LogP contribution in [0.25, 0.3) is 0 Å². The lowest BCUT2D eigenvalue weighted by molar-refractivity contribution is -0.128. The molecule has 2 N–H and O–H groups in total. The lowest BCUT2D eigenvalue weighted by Gasteiger charge is -2.27. The molecule has 0 radical (unpaired) electrons. The summed E-state index contributed by atoms with van der Waals surface area (Å²) in [5, 5.41) is 5.89. The molecular weight excluding hydrogens is 316 g/mol. The zero-order valence-electron chi connectivity index (χ0n) is 14.5. The molecule has 0 atom stereocenters. The maximum absolute atomic E-state index is 12.4. The van der Waals surface area contributed by atoms with Crippen molar-refractivity contribution < 1.29 is 14.0 Å². The van der Waals surface area contributed by atoms with Gasteiger partial charge in [0.05, 0.1) is 12.8 Å². The van der Waals surface area contributed by atoms with Crippen molar-refractivity contribution in [2.24, 2.45) is 11.8 Å². The predicted molar refractivity (Wildman–Crippen MR) is 95.8 cm³/mol. The summed E-state index contributed by atoms with van der Waals surface area (Å²) in [4.78, 5) is 24.6. The standard InChI is InChI=1S/C20H24N2O3/c1-14-4-10-17(11-5-14)22-20(24)16-8-6-15(7-9-16)19(23)21-13-18-3-2-12-25-18/h2-5,10-12,15-16H,6-9,13H2,1H3,(H,21,23)(H,22,24). The highest BCUT2D eigenvalue weighted by Gasteiger charge is 2.29. The van der Waals surface area contributed by atoms with Gasteiger partial charge in [0.25, 0.3) is 0 Å². The Hall–Kier alpha value is -2.56.